The maximum absolute atomic E-state index is 13.4. The monoisotopic (exact) mass is 481 g/mol. The normalized spacial score (nSPS) is 30.3. The molecule has 1 aromatic carbocycles. The number of aliphatic hydroxyl groups excluding tert-OH is 2. The van der Waals surface area contributed by atoms with Gasteiger partial charge in [0, 0.05) is 32.3 Å². The van der Waals surface area contributed by atoms with Gasteiger partial charge in [-0.2, -0.15) is 0 Å². The number of pyridine rings is 1. The van der Waals surface area contributed by atoms with Gasteiger partial charge in [-0.1, -0.05) is 30.3 Å². The molecule has 2 amide bonds. The molecule has 35 heavy (non-hydrogen) atoms. The quantitative estimate of drug-likeness (QED) is 0.585. The fourth-order valence-corrected chi connectivity index (χ4v) is 5.91. The SMILES string of the molecule is CC(=O)Nc1cc(C(=O)N(C)[C@H]2CC[C@@]3(CCO)C[C@H](c4ccccc4)C[C@](C)(O3)[C@@H]2O)ccn1. The molecule has 2 bridgehead atoms. The Balaban J connectivity index is 1.62. The first-order chi connectivity index (χ1) is 16.7. The molecule has 0 radical (unpaired) electrons. The van der Waals surface area contributed by atoms with E-state index in [4.69, 9.17) is 4.74 Å². The van der Waals surface area contributed by atoms with Gasteiger partial charge in [-0.05, 0) is 62.6 Å². The van der Waals surface area contributed by atoms with Crippen molar-refractivity contribution in [1.29, 1.82) is 0 Å². The third kappa shape index (κ3) is 5.24. The summed E-state index contributed by atoms with van der Waals surface area (Å²) in [5, 5.41) is 24.1. The Bertz CT molecular complexity index is 1060. The molecular weight excluding hydrogens is 446 g/mol. The molecule has 0 unspecified atom stereocenters. The summed E-state index contributed by atoms with van der Waals surface area (Å²) in [4.78, 5) is 30.5. The predicted octanol–water partition coefficient (Wildman–Crippen LogP) is 3.11. The molecule has 2 fully saturated rings. The summed E-state index contributed by atoms with van der Waals surface area (Å²) >= 11 is 0. The third-order valence-electron chi connectivity index (χ3n) is 7.57. The molecule has 0 saturated carbocycles. The summed E-state index contributed by atoms with van der Waals surface area (Å²) in [7, 11) is 1.70. The number of aromatic nitrogens is 1. The number of fused-ring (bicyclic) bond motifs is 2. The van der Waals surface area contributed by atoms with Gasteiger partial charge in [0.25, 0.3) is 5.91 Å². The zero-order valence-electron chi connectivity index (χ0n) is 20.6. The van der Waals surface area contributed by atoms with E-state index >= 15 is 0 Å². The van der Waals surface area contributed by atoms with Crippen LogP contribution in [0.4, 0.5) is 5.82 Å². The van der Waals surface area contributed by atoms with Gasteiger partial charge >= 0.3 is 0 Å². The maximum Gasteiger partial charge on any atom is 0.254 e. The molecule has 2 aliphatic rings. The summed E-state index contributed by atoms with van der Waals surface area (Å²) in [6.45, 7) is 3.31. The zero-order valence-corrected chi connectivity index (χ0v) is 20.6. The van der Waals surface area contributed by atoms with Gasteiger partial charge in [0.2, 0.25) is 5.91 Å². The van der Waals surface area contributed by atoms with E-state index in [1.54, 1.807) is 24.1 Å². The molecule has 188 valence electrons. The van der Waals surface area contributed by atoms with Gasteiger partial charge in [0.05, 0.1) is 17.2 Å². The summed E-state index contributed by atoms with van der Waals surface area (Å²) in [5.74, 6) is -0.0544. The van der Waals surface area contributed by atoms with E-state index in [-0.39, 0.29) is 24.3 Å². The van der Waals surface area contributed by atoms with E-state index in [1.807, 2.05) is 25.1 Å². The molecule has 8 heteroatoms. The van der Waals surface area contributed by atoms with E-state index in [9.17, 15) is 19.8 Å². The Morgan fingerprint density at radius 3 is 2.66 bits per heavy atom. The maximum atomic E-state index is 13.4. The second-order valence-corrected chi connectivity index (χ2v) is 10.2. The number of ether oxygens (including phenoxy) is 1. The molecule has 3 heterocycles. The van der Waals surface area contributed by atoms with Crippen LogP contribution in [0.1, 0.15) is 67.8 Å². The van der Waals surface area contributed by atoms with Crippen LogP contribution in [0.5, 0.6) is 0 Å². The number of carbonyl (C=O) groups is 2. The molecule has 0 spiro atoms. The lowest BCUT2D eigenvalue weighted by Gasteiger charge is -2.50. The van der Waals surface area contributed by atoms with Gasteiger partial charge in [0.15, 0.2) is 0 Å². The van der Waals surface area contributed by atoms with Crippen molar-refractivity contribution in [3.05, 3.63) is 59.8 Å². The minimum absolute atomic E-state index is 0.00391. The number of aliphatic hydroxyl groups is 2. The van der Waals surface area contributed by atoms with Crippen LogP contribution in [0.3, 0.4) is 0 Å². The van der Waals surface area contributed by atoms with E-state index in [0.717, 1.165) is 6.42 Å². The first kappa shape index (κ1) is 25.3. The highest BCUT2D eigenvalue weighted by molar-refractivity contribution is 5.96. The number of nitrogens with zero attached hydrogens (tertiary/aromatic N) is 2. The first-order valence-corrected chi connectivity index (χ1v) is 12.2. The van der Waals surface area contributed by atoms with Gasteiger partial charge in [-0.15, -0.1) is 0 Å². The highest BCUT2D eigenvalue weighted by Crippen LogP contribution is 2.51. The topological polar surface area (TPSA) is 112 Å². The summed E-state index contributed by atoms with van der Waals surface area (Å²) in [6.07, 6.45) is 3.59. The van der Waals surface area contributed by atoms with Crippen molar-refractivity contribution in [2.24, 2.45) is 0 Å². The Hall–Kier alpha value is -2.81. The molecule has 1 aromatic heterocycles. The van der Waals surface area contributed by atoms with Gasteiger partial charge in [0.1, 0.15) is 11.9 Å². The van der Waals surface area contributed by atoms with E-state index in [2.05, 4.69) is 22.4 Å². The molecule has 3 N–H and O–H groups in total. The van der Waals surface area contributed by atoms with Crippen LogP contribution < -0.4 is 5.32 Å². The molecule has 2 aromatic rings. The van der Waals surface area contributed by atoms with Crippen LogP contribution in [0.2, 0.25) is 0 Å². The average molecular weight is 482 g/mol. The first-order valence-electron chi connectivity index (χ1n) is 12.2. The van der Waals surface area contributed by atoms with Gasteiger partial charge < -0.3 is 25.2 Å². The molecular formula is C27H35N3O5. The van der Waals surface area contributed by atoms with Crippen molar-refractivity contribution in [3.63, 3.8) is 0 Å². The molecule has 2 aliphatic heterocycles. The average Bonchev–Trinajstić information content (AvgIpc) is 2.90. The summed E-state index contributed by atoms with van der Waals surface area (Å²) < 4.78 is 6.65. The minimum atomic E-state index is -0.916. The van der Waals surface area contributed by atoms with Crippen LogP contribution in [-0.2, 0) is 9.53 Å². The van der Waals surface area contributed by atoms with E-state index in [0.29, 0.717) is 37.1 Å². The van der Waals surface area contributed by atoms with E-state index in [1.165, 1.54) is 18.7 Å². The predicted molar refractivity (Wildman–Crippen MR) is 132 cm³/mol. The van der Waals surface area contributed by atoms with Crippen molar-refractivity contribution in [1.82, 2.24) is 9.88 Å². The van der Waals surface area contributed by atoms with Crippen LogP contribution >= 0.6 is 0 Å². The number of benzene rings is 1. The van der Waals surface area contributed by atoms with Gasteiger partial charge in [-0.3, -0.25) is 9.59 Å². The van der Waals surface area contributed by atoms with Crippen LogP contribution in [-0.4, -0.2) is 68.9 Å². The third-order valence-corrected chi connectivity index (χ3v) is 7.57. The minimum Gasteiger partial charge on any atom is -0.396 e. The highest BCUT2D eigenvalue weighted by Gasteiger charge is 2.55. The molecule has 8 nitrogen and oxygen atoms in total. The zero-order chi connectivity index (χ0) is 25.2. The summed E-state index contributed by atoms with van der Waals surface area (Å²) in [5.41, 5.74) is 0.117. The number of amides is 2. The van der Waals surface area contributed by atoms with Crippen molar-refractivity contribution < 1.29 is 24.5 Å². The molecule has 2 saturated heterocycles. The highest BCUT2D eigenvalue weighted by atomic mass is 16.5. The largest absolute Gasteiger partial charge is 0.396 e. The number of rotatable bonds is 6. The molecule has 4 rings (SSSR count). The van der Waals surface area contributed by atoms with Crippen LogP contribution in [0.15, 0.2) is 48.7 Å². The Morgan fingerprint density at radius 1 is 1.23 bits per heavy atom. The summed E-state index contributed by atoms with van der Waals surface area (Å²) in [6, 6.07) is 12.9. The molecule has 5 atom stereocenters. The molecule has 0 aliphatic carbocycles. The Kier molecular flexibility index (Phi) is 7.26. The van der Waals surface area contributed by atoms with Crippen molar-refractivity contribution in [2.75, 3.05) is 19.0 Å². The number of anilines is 1. The number of nitrogens with one attached hydrogen (secondary N) is 1. The number of hydrogen-bond acceptors (Lipinski definition) is 6. The Morgan fingerprint density at radius 2 is 1.97 bits per heavy atom. The number of likely N-dealkylation sites (N-methyl/N-ethyl adjacent to an activating group) is 1. The van der Waals surface area contributed by atoms with Crippen molar-refractivity contribution >= 4 is 17.6 Å². The van der Waals surface area contributed by atoms with Gasteiger partial charge in [-0.25, -0.2) is 4.98 Å². The fourth-order valence-electron chi connectivity index (χ4n) is 5.91. The van der Waals surface area contributed by atoms with Crippen molar-refractivity contribution in [3.8, 4) is 0 Å². The smallest absolute Gasteiger partial charge is 0.254 e. The Labute approximate surface area is 206 Å². The van der Waals surface area contributed by atoms with Crippen LogP contribution in [0, 0.1) is 0 Å². The second-order valence-electron chi connectivity index (χ2n) is 10.2. The number of carbonyl (C=O) groups excluding carboxylic acids is 2. The lowest BCUT2D eigenvalue weighted by atomic mass is 9.73. The van der Waals surface area contributed by atoms with E-state index < -0.39 is 23.3 Å². The number of hydrogen-bond donors (Lipinski definition) is 3. The lowest BCUT2D eigenvalue weighted by molar-refractivity contribution is -0.225. The lowest BCUT2D eigenvalue weighted by Crippen LogP contribution is -2.58. The fraction of sp³-hybridized carbons (Fsp3) is 0.519. The standard InChI is InChI=1S/C27H35N3O5/c1-18(32)29-23-15-20(10-13-28-23)25(34)30(3)22-9-11-27(12-14-31)17-21(19-7-5-4-6-8-19)16-26(2,35-27)24(22)33/h4-8,10,13,15,21-22,24,31,33H,9,11-12,14,16-17H2,1-3H3,(H,28,29,32)/t21-,22+,24-,26+,27-/m1/s1. The van der Waals surface area contributed by atoms with Crippen LogP contribution in [0.25, 0.3) is 0 Å². The second kappa shape index (κ2) is 10.0. The van der Waals surface area contributed by atoms with Crippen molar-refractivity contribution in [2.45, 2.75) is 75.2 Å².